The van der Waals surface area contributed by atoms with Crippen LogP contribution in [0.15, 0.2) is 33.5 Å². The standard InChI is InChI=1S/C21H25N5O3/c1-3-17-18(13(2)29-26-17)19(27)23-12-14-4-6-15(7-5-14)20-24-25-21(28-20)16-8-10-22-11-9-16/h8-11,14-15H,3-7,12H2,1-2H3,(H,23,27). The maximum atomic E-state index is 12.5. The summed E-state index contributed by atoms with van der Waals surface area (Å²) in [5.41, 5.74) is 2.17. The van der Waals surface area contributed by atoms with E-state index in [0.29, 0.717) is 47.7 Å². The number of carbonyl (C=O) groups is 1. The average Bonchev–Trinajstić information content (AvgIpc) is 3.40. The van der Waals surface area contributed by atoms with E-state index in [2.05, 4.69) is 25.7 Å². The van der Waals surface area contributed by atoms with Gasteiger partial charge in [0.25, 0.3) is 5.91 Å². The lowest BCUT2D eigenvalue weighted by atomic mass is 9.82. The van der Waals surface area contributed by atoms with Gasteiger partial charge in [-0.15, -0.1) is 10.2 Å². The summed E-state index contributed by atoms with van der Waals surface area (Å²) >= 11 is 0. The Kier molecular flexibility index (Phi) is 5.69. The minimum atomic E-state index is -0.0957. The smallest absolute Gasteiger partial charge is 0.256 e. The summed E-state index contributed by atoms with van der Waals surface area (Å²) in [6, 6.07) is 3.72. The predicted octanol–water partition coefficient (Wildman–Crippen LogP) is 3.69. The van der Waals surface area contributed by atoms with Gasteiger partial charge in [-0.1, -0.05) is 12.1 Å². The fourth-order valence-corrected chi connectivity index (χ4v) is 3.90. The van der Waals surface area contributed by atoms with Gasteiger partial charge in [-0.3, -0.25) is 9.78 Å². The molecule has 8 heteroatoms. The fourth-order valence-electron chi connectivity index (χ4n) is 3.90. The van der Waals surface area contributed by atoms with E-state index in [9.17, 15) is 4.79 Å². The molecule has 3 aromatic rings. The lowest BCUT2D eigenvalue weighted by Crippen LogP contribution is -2.31. The van der Waals surface area contributed by atoms with Crippen molar-refractivity contribution in [3.05, 3.63) is 47.4 Å². The van der Waals surface area contributed by atoms with E-state index in [-0.39, 0.29) is 11.8 Å². The number of carbonyl (C=O) groups excluding carboxylic acids is 1. The molecule has 0 spiro atoms. The Morgan fingerprint density at radius 2 is 1.93 bits per heavy atom. The largest absolute Gasteiger partial charge is 0.420 e. The van der Waals surface area contributed by atoms with Crippen molar-refractivity contribution in [3.8, 4) is 11.5 Å². The highest BCUT2D eigenvalue weighted by atomic mass is 16.5. The summed E-state index contributed by atoms with van der Waals surface area (Å²) in [5.74, 6) is 2.44. The molecule has 0 radical (unpaired) electrons. The molecule has 0 aliphatic heterocycles. The van der Waals surface area contributed by atoms with Crippen LogP contribution in [0.5, 0.6) is 0 Å². The maximum absolute atomic E-state index is 12.5. The Bertz CT molecular complexity index is 958. The lowest BCUT2D eigenvalue weighted by Gasteiger charge is -2.26. The molecule has 8 nitrogen and oxygen atoms in total. The van der Waals surface area contributed by atoms with E-state index in [1.54, 1.807) is 19.3 Å². The van der Waals surface area contributed by atoms with Crippen LogP contribution in [-0.4, -0.2) is 32.8 Å². The summed E-state index contributed by atoms with van der Waals surface area (Å²) in [5, 5.41) is 15.4. The van der Waals surface area contributed by atoms with Gasteiger partial charge in [0.05, 0.1) is 5.69 Å². The van der Waals surface area contributed by atoms with Crippen LogP contribution in [0, 0.1) is 12.8 Å². The van der Waals surface area contributed by atoms with Gasteiger partial charge in [0.2, 0.25) is 11.8 Å². The maximum Gasteiger partial charge on any atom is 0.256 e. The van der Waals surface area contributed by atoms with Crippen LogP contribution in [0.1, 0.15) is 66.2 Å². The van der Waals surface area contributed by atoms with Crippen LogP contribution in [0.3, 0.4) is 0 Å². The van der Waals surface area contributed by atoms with Crippen molar-refractivity contribution < 1.29 is 13.7 Å². The summed E-state index contributed by atoms with van der Waals surface area (Å²) in [6.45, 7) is 4.40. The molecular weight excluding hydrogens is 370 g/mol. The number of pyridine rings is 1. The molecule has 1 aliphatic rings. The Labute approximate surface area is 169 Å². The molecule has 4 rings (SSSR count). The fraction of sp³-hybridized carbons (Fsp3) is 0.476. The molecular formula is C21H25N5O3. The lowest BCUT2D eigenvalue weighted by molar-refractivity contribution is 0.0940. The molecule has 1 saturated carbocycles. The quantitative estimate of drug-likeness (QED) is 0.678. The minimum Gasteiger partial charge on any atom is -0.420 e. The van der Waals surface area contributed by atoms with Crippen molar-refractivity contribution in [3.63, 3.8) is 0 Å². The van der Waals surface area contributed by atoms with Crippen LogP contribution in [0.4, 0.5) is 0 Å². The zero-order chi connectivity index (χ0) is 20.2. The van der Waals surface area contributed by atoms with E-state index < -0.39 is 0 Å². The van der Waals surface area contributed by atoms with E-state index in [4.69, 9.17) is 8.94 Å². The molecule has 0 atom stereocenters. The highest BCUT2D eigenvalue weighted by Gasteiger charge is 2.27. The first-order valence-corrected chi connectivity index (χ1v) is 10.1. The first kappa shape index (κ1) is 19.3. The number of nitrogens with zero attached hydrogens (tertiary/aromatic N) is 4. The van der Waals surface area contributed by atoms with E-state index in [0.717, 1.165) is 31.2 Å². The molecule has 1 N–H and O–H groups in total. The Morgan fingerprint density at radius 1 is 1.17 bits per heavy atom. The SMILES string of the molecule is CCc1noc(C)c1C(=O)NCC1CCC(c2nnc(-c3ccncc3)o2)CC1. The minimum absolute atomic E-state index is 0.0957. The molecule has 1 amide bonds. The van der Waals surface area contributed by atoms with Crippen LogP contribution in [0.25, 0.3) is 11.5 Å². The number of hydrogen-bond acceptors (Lipinski definition) is 7. The monoisotopic (exact) mass is 395 g/mol. The Balaban J connectivity index is 1.29. The van der Waals surface area contributed by atoms with Gasteiger partial charge in [0, 0.05) is 30.4 Å². The molecule has 1 fully saturated rings. The van der Waals surface area contributed by atoms with Crippen molar-refractivity contribution >= 4 is 5.91 Å². The Morgan fingerprint density at radius 3 is 2.66 bits per heavy atom. The molecule has 3 aromatic heterocycles. The molecule has 152 valence electrons. The van der Waals surface area contributed by atoms with Crippen molar-refractivity contribution in [1.82, 2.24) is 25.7 Å². The third-order valence-corrected chi connectivity index (χ3v) is 5.61. The topological polar surface area (TPSA) is 107 Å². The van der Waals surface area contributed by atoms with Crippen molar-refractivity contribution in [2.75, 3.05) is 6.54 Å². The molecule has 29 heavy (non-hydrogen) atoms. The van der Waals surface area contributed by atoms with Crippen molar-refractivity contribution in [2.45, 2.75) is 51.9 Å². The molecule has 3 heterocycles. The molecule has 0 saturated heterocycles. The number of aryl methyl sites for hydroxylation is 2. The van der Waals surface area contributed by atoms with Crippen molar-refractivity contribution in [1.29, 1.82) is 0 Å². The third-order valence-electron chi connectivity index (χ3n) is 5.61. The van der Waals surface area contributed by atoms with E-state index >= 15 is 0 Å². The van der Waals surface area contributed by atoms with Gasteiger partial charge in [0.1, 0.15) is 11.3 Å². The summed E-state index contributed by atoms with van der Waals surface area (Å²) in [4.78, 5) is 16.5. The second kappa shape index (κ2) is 8.55. The first-order chi connectivity index (χ1) is 14.2. The third kappa shape index (κ3) is 4.21. The number of nitrogens with one attached hydrogen (secondary N) is 1. The highest BCUT2D eigenvalue weighted by Crippen LogP contribution is 2.35. The summed E-state index contributed by atoms with van der Waals surface area (Å²) in [7, 11) is 0. The van der Waals surface area contributed by atoms with Gasteiger partial charge in [-0.25, -0.2) is 0 Å². The normalized spacial score (nSPS) is 19.2. The van der Waals surface area contributed by atoms with Gasteiger partial charge in [0.15, 0.2) is 0 Å². The van der Waals surface area contributed by atoms with Crippen LogP contribution < -0.4 is 5.32 Å². The molecule has 0 unspecified atom stereocenters. The van der Waals surface area contributed by atoms with Crippen LogP contribution in [-0.2, 0) is 6.42 Å². The van der Waals surface area contributed by atoms with E-state index in [1.165, 1.54) is 0 Å². The highest BCUT2D eigenvalue weighted by molar-refractivity contribution is 5.96. The van der Waals surface area contributed by atoms with Gasteiger partial charge < -0.3 is 14.3 Å². The molecule has 0 aromatic carbocycles. The van der Waals surface area contributed by atoms with Gasteiger partial charge in [-0.05, 0) is 57.1 Å². The Hall–Kier alpha value is -3.03. The number of amides is 1. The second-order valence-electron chi connectivity index (χ2n) is 7.52. The number of aromatic nitrogens is 4. The second-order valence-corrected chi connectivity index (χ2v) is 7.52. The molecule has 0 bridgehead atoms. The first-order valence-electron chi connectivity index (χ1n) is 10.1. The van der Waals surface area contributed by atoms with Crippen molar-refractivity contribution in [2.24, 2.45) is 5.92 Å². The van der Waals surface area contributed by atoms with E-state index in [1.807, 2.05) is 19.1 Å². The molecule has 1 aliphatic carbocycles. The number of rotatable bonds is 6. The predicted molar refractivity (Wildman–Crippen MR) is 105 cm³/mol. The van der Waals surface area contributed by atoms with Crippen LogP contribution in [0.2, 0.25) is 0 Å². The summed E-state index contributed by atoms with van der Waals surface area (Å²) < 4.78 is 11.1. The zero-order valence-corrected chi connectivity index (χ0v) is 16.7. The summed E-state index contributed by atoms with van der Waals surface area (Å²) in [6.07, 6.45) is 8.09. The van der Waals surface area contributed by atoms with Crippen LogP contribution >= 0.6 is 0 Å². The van der Waals surface area contributed by atoms with Gasteiger partial charge in [-0.2, -0.15) is 0 Å². The van der Waals surface area contributed by atoms with Gasteiger partial charge >= 0.3 is 0 Å². The zero-order valence-electron chi connectivity index (χ0n) is 16.7. The average molecular weight is 395 g/mol. The number of hydrogen-bond donors (Lipinski definition) is 1.